The number of piperazine rings is 1. The zero-order valence-electron chi connectivity index (χ0n) is 12.0. The minimum absolute atomic E-state index is 0.231. The van der Waals surface area contributed by atoms with E-state index >= 15 is 0 Å². The van der Waals surface area contributed by atoms with E-state index in [0.717, 1.165) is 12.7 Å². The summed E-state index contributed by atoms with van der Waals surface area (Å²) in [6, 6.07) is 4.38. The van der Waals surface area contributed by atoms with Crippen LogP contribution in [0.15, 0.2) is 18.2 Å². The molecular formula is C13H16ClN3O4S. The SMILES string of the molecule is CS(=O)(=O)Nc1ccc(Cl)c(C(=O)N2CCN(C=O)CC2)c1. The summed E-state index contributed by atoms with van der Waals surface area (Å²) < 4.78 is 24.8. The molecule has 1 aromatic rings. The molecule has 1 saturated heterocycles. The summed E-state index contributed by atoms with van der Waals surface area (Å²) in [5.74, 6) is -0.285. The van der Waals surface area contributed by atoms with Crippen LogP contribution in [0.25, 0.3) is 0 Å². The first-order valence-electron chi connectivity index (χ1n) is 6.56. The first kappa shape index (κ1) is 16.6. The molecule has 0 unspecified atom stereocenters. The number of nitrogens with zero attached hydrogens (tertiary/aromatic N) is 2. The Hall–Kier alpha value is -1.80. The molecule has 7 nitrogen and oxygen atoms in total. The van der Waals surface area contributed by atoms with E-state index in [1.165, 1.54) is 18.2 Å². The predicted molar refractivity (Wildman–Crippen MR) is 83.5 cm³/mol. The van der Waals surface area contributed by atoms with Crippen LogP contribution >= 0.6 is 11.6 Å². The molecule has 0 aliphatic carbocycles. The van der Waals surface area contributed by atoms with Gasteiger partial charge in [-0.2, -0.15) is 0 Å². The van der Waals surface area contributed by atoms with Crippen molar-refractivity contribution in [1.29, 1.82) is 0 Å². The van der Waals surface area contributed by atoms with E-state index in [2.05, 4.69) is 4.72 Å². The number of anilines is 1. The lowest BCUT2D eigenvalue weighted by Crippen LogP contribution is -2.48. The molecule has 0 aromatic heterocycles. The third-order valence-electron chi connectivity index (χ3n) is 3.25. The summed E-state index contributed by atoms with van der Waals surface area (Å²) in [4.78, 5) is 26.3. The summed E-state index contributed by atoms with van der Waals surface area (Å²) in [6.07, 6.45) is 1.78. The highest BCUT2D eigenvalue weighted by atomic mass is 35.5. The highest BCUT2D eigenvalue weighted by molar-refractivity contribution is 7.92. The summed E-state index contributed by atoms with van der Waals surface area (Å²) in [7, 11) is -3.43. The van der Waals surface area contributed by atoms with Gasteiger partial charge in [-0.05, 0) is 18.2 Å². The third kappa shape index (κ3) is 4.11. The largest absolute Gasteiger partial charge is 0.342 e. The van der Waals surface area contributed by atoms with Crippen LogP contribution in [-0.4, -0.2) is 63.0 Å². The maximum Gasteiger partial charge on any atom is 0.255 e. The Kier molecular flexibility index (Phi) is 4.92. The molecule has 0 bridgehead atoms. The van der Waals surface area contributed by atoms with Crippen LogP contribution in [0.1, 0.15) is 10.4 Å². The zero-order chi connectivity index (χ0) is 16.3. The van der Waals surface area contributed by atoms with Crippen molar-refractivity contribution in [3.8, 4) is 0 Å². The van der Waals surface area contributed by atoms with Crippen molar-refractivity contribution in [3.63, 3.8) is 0 Å². The van der Waals surface area contributed by atoms with Crippen LogP contribution in [0.2, 0.25) is 5.02 Å². The molecule has 120 valence electrons. The van der Waals surface area contributed by atoms with Gasteiger partial charge < -0.3 is 9.80 Å². The molecule has 0 radical (unpaired) electrons. The van der Waals surface area contributed by atoms with Gasteiger partial charge in [0.1, 0.15) is 0 Å². The Morgan fingerprint density at radius 2 is 1.91 bits per heavy atom. The molecule has 1 N–H and O–H groups in total. The van der Waals surface area contributed by atoms with Crippen molar-refractivity contribution >= 4 is 39.6 Å². The van der Waals surface area contributed by atoms with Crippen molar-refractivity contribution in [3.05, 3.63) is 28.8 Å². The van der Waals surface area contributed by atoms with Crippen molar-refractivity contribution < 1.29 is 18.0 Å². The lowest BCUT2D eigenvalue weighted by atomic mass is 10.1. The summed E-state index contributed by atoms with van der Waals surface area (Å²) in [5, 5.41) is 0.252. The number of sulfonamides is 1. The molecule has 0 saturated carbocycles. The predicted octanol–water partition coefficient (Wildman–Crippen LogP) is 0.626. The molecule has 1 aromatic carbocycles. The maximum absolute atomic E-state index is 12.5. The van der Waals surface area contributed by atoms with Gasteiger partial charge in [0.15, 0.2) is 0 Å². The molecule has 0 atom stereocenters. The van der Waals surface area contributed by atoms with Crippen LogP contribution in [0.5, 0.6) is 0 Å². The average molecular weight is 346 g/mol. The fourth-order valence-electron chi connectivity index (χ4n) is 2.17. The van der Waals surface area contributed by atoms with E-state index in [1.807, 2.05) is 0 Å². The Labute approximate surface area is 133 Å². The first-order valence-corrected chi connectivity index (χ1v) is 8.83. The van der Waals surface area contributed by atoms with Gasteiger partial charge in [-0.3, -0.25) is 14.3 Å². The molecule has 0 spiro atoms. The summed E-state index contributed by atoms with van der Waals surface area (Å²) in [5.41, 5.74) is 0.511. The average Bonchev–Trinajstić information content (AvgIpc) is 2.47. The van der Waals surface area contributed by atoms with E-state index in [4.69, 9.17) is 11.6 Å². The number of rotatable bonds is 4. The van der Waals surface area contributed by atoms with Crippen molar-refractivity contribution in [2.75, 3.05) is 37.2 Å². The van der Waals surface area contributed by atoms with E-state index < -0.39 is 10.0 Å². The number of nitrogens with one attached hydrogen (secondary N) is 1. The van der Waals surface area contributed by atoms with Gasteiger partial charge in [-0.15, -0.1) is 0 Å². The van der Waals surface area contributed by atoms with Gasteiger partial charge in [0, 0.05) is 31.9 Å². The maximum atomic E-state index is 12.5. The highest BCUT2D eigenvalue weighted by Crippen LogP contribution is 2.23. The van der Waals surface area contributed by atoms with Crippen LogP contribution in [0.3, 0.4) is 0 Å². The minimum atomic E-state index is -3.43. The van der Waals surface area contributed by atoms with Gasteiger partial charge in [0.05, 0.1) is 16.8 Å². The minimum Gasteiger partial charge on any atom is -0.342 e. The Morgan fingerprint density at radius 1 is 1.27 bits per heavy atom. The first-order chi connectivity index (χ1) is 10.3. The molecule has 9 heteroatoms. The highest BCUT2D eigenvalue weighted by Gasteiger charge is 2.23. The normalized spacial score (nSPS) is 15.5. The second-order valence-corrected chi connectivity index (χ2v) is 7.16. The van der Waals surface area contributed by atoms with Crippen LogP contribution in [0.4, 0.5) is 5.69 Å². The number of halogens is 1. The second kappa shape index (κ2) is 6.53. The summed E-state index contributed by atoms with van der Waals surface area (Å²) in [6.45, 7) is 1.76. The standard InChI is InChI=1S/C13H16ClN3O4S/c1-22(20,21)15-10-2-3-12(14)11(8-10)13(19)17-6-4-16(9-18)5-7-17/h2-3,8-9,15H,4-7H2,1H3. The van der Waals surface area contributed by atoms with E-state index in [1.54, 1.807) is 9.80 Å². The lowest BCUT2D eigenvalue weighted by Gasteiger charge is -2.32. The van der Waals surface area contributed by atoms with Crippen LogP contribution in [0, 0.1) is 0 Å². The van der Waals surface area contributed by atoms with Gasteiger partial charge in [0.2, 0.25) is 16.4 Å². The summed E-state index contributed by atoms with van der Waals surface area (Å²) >= 11 is 6.05. The van der Waals surface area contributed by atoms with Gasteiger partial charge in [0.25, 0.3) is 5.91 Å². The topological polar surface area (TPSA) is 86.8 Å². The quantitative estimate of drug-likeness (QED) is 0.811. The zero-order valence-corrected chi connectivity index (χ0v) is 13.5. The number of carbonyl (C=O) groups excluding carboxylic acids is 2. The van der Waals surface area contributed by atoms with Crippen LogP contribution in [-0.2, 0) is 14.8 Å². The molecule has 1 aliphatic heterocycles. The fraction of sp³-hybridized carbons (Fsp3) is 0.385. The molecule has 1 aliphatic rings. The van der Waals surface area contributed by atoms with Crippen LogP contribution < -0.4 is 4.72 Å². The number of hydrogen-bond donors (Lipinski definition) is 1. The number of amides is 2. The molecular weight excluding hydrogens is 330 g/mol. The van der Waals surface area contributed by atoms with E-state index in [0.29, 0.717) is 26.2 Å². The van der Waals surface area contributed by atoms with Crippen molar-refractivity contribution in [1.82, 2.24) is 9.80 Å². The monoisotopic (exact) mass is 345 g/mol. The molecule has 1 heterocycles. The van der Waals surface area contributed by atoms with E-state index in [-0.39, 0.29) is 22.2 Å². The van der Waals surface area contributed by atoms with Crippen molar-refractivity contribution in [2.45, 2.75) is 0 Å². The Balaban J connectivity index is 2.19. The molecule has 22 heavy (non-hydrogen) atoms. The number of carbonyl (C=O) groups is 2. The fourth-order valence-corrected chi connectivity index (χ4v) is 2.92. The van der Waals surface area contributed by atoms with Crippen molar-refractivity contribution in [2.24, 2.45) is 0 Å². The molecule has 2 rings (SSSR count). The van der Waals surface area contributed by atoms with E-state index in [9.17, 15) is 18.0 Å². The lowest BCUT2D eigenvalue weighted by molar-refractivity contribution is -0.119. The molecule has 1 fully saturated rings. The Morgan fingerprint density at radius 3 is 2.45 bits per heavy atom. The van der Waals surface area contributed by atoms with Gasteiger partial charge >= 0.3 is 0 Å². The van der Waals surface area contributed by atoms with Gasteiger partial charge in [-0.1, -0.05) is 11.6 Å². The van der Waals surface area contributed by atoms with Gasteiger partial charge in [-0.25, -0.2) is 8.42 Å². The second-order valence-electron chi connectivity index (χ2n) is 5.00. The smallest absolute Gasteiger partial charge is 0.255 e. The third-order valence-corrected chi connectivity index (χ3v) is 4.19. The number of benzene rings is 1. The number of hydrogen-bond acceptors (Lipinski definition) is 4. The molecule has 2 amide bonds. The Bertz CT molecular complexity index is 685.